The van der Waals surface area contributed by atoms with E-state index in [0.717, 1.165) is 24.2 Å². The van der Waals surface area contributed by atoms with E-state index in [1.165, 1.54) is 10.9 Å². The lowest BCUT2D eigenvalue weighted by Crippen LogP contribution is -2.34. The summed E-state index contributed by atoms with van der Waals surface area (Å²) in [7, 11) is 2.03. The number of rotatable bonds is 7. The number of benzene rings is 2. The fourth-order valence-electron chi connectivity index (χ4n) is 3.02. The van der Waals surface area contributed by atoms with Crippen LogP contribution in [0.25, 0.3) is 10.9 Å². The first-order chi connectivity index (χ1) is 13.1. The van der Waals surface area contributed by atoms with Crippen LogP contribution in [0.15, 0.2) is 59.7 Å². The Labute approximate surface area is 158 Å². The zero-order valence-electron chi connectivity index (χ0n) is 15.7. The molecule has 0 aliphatic carbocycles. The summed E-state index contributed by atoms with van der Waals surface area (Å²) in [4.78, 5) is 31.2. The van der Waals surface area contributed by atoms with Crippen LogP contribution in [0.4, 0.5) is 5.69 Å². The number of nitrogens with zero attached hydrogens (tertiary/aromatic N) is 3. The quantitative estimate of drug-likeness (QED) is 0.654. The Morgan fingerprint density at radius 3 is 2.70 bits per heavy atom. The summed E-state index contributed by atoms with van der Waals surface area (Å²) in [6.07, 6.45) is 2.27. The minimum absolute atomic E-state index is 0.0236. The third-order valence-electron chi connectivity index (χ3n) is 4.56. The van der Waals surface area contributed by atoms with E-state index >= 15 is 0 Å². The van der Waals surface area contributed by atoms with Crippen LogP contribution in [-0.2, 0) is 11.3 Å². The second kappa shape index (κ2) is 8.49. The predicted molar refractivity (Wildman–Crippen MR) is 108 cm³/mol. The average molecular weight is 364 g/mol. The second-order valence-corrected chi connectivity index (χ2v) is 6.61. The molecule has 0 bridgehead atoms. The fraction of sp³-hybridized carbons (Fsp3) is 0.286. The van der Waals surface area contributed by atoms with Gasteiger partial charge in [-0.1, -0.05) is 30.3 Å². The molecule has 3 aromatic rings. The van der Waals surface area contributed by atoms with Gasteiger partial charge >= 0.3 is 0 Å². The zero-order valence-corrected chi connectivity index (χ0v) is 15.7. The van der Waals surface area contributed by atoms with Crippen LogP contribution in [0, 0.1) is 6.92 Å². The summed E-state index contributed by atoms with van der Waals surface area (Å²) >= 11 is 0. The van der Waals surface area contributed by atoms with Crippen LogP contribution < -0.4 is 15.8 Å². The van der Waals surface area contributed by atoms with E-state index in [2.05, 4.69) is 27.3 Å². The average Bonchev–Trinajstić information content (AvgIpc) is 2.68. The Balaban J connectivity index is 1.52. The van der Waals surface area contributed by atoms with Crippen molar-refractivity contribution in [2.45, 2.75) is 19.9 Å². The van der Waals surface area contributed by atoms with Gasteiger partial charge in [0.25, 0.3) is 5.56 Å². The van der Waals surface area contributed by atoms with Gasteiger partial charge in [0.15, 0.2) is 0 Å². The third-order valence-corrected chi connectivity index (χ3v) is 4.56. The fourth-order valence-corrected chi connectivity index (χ4v) is 3.02. The van der Waals surface area contributed by atoms with Crippen LogP contribution >= 0.6 is 0 Å². The molecule has 0 atom stereocenters. The first-order valence-electron chi connectivity index (χ1n) is 9.04. The molecule has 0 spiro atoms. The molecule has 0 fully saturated rings. The Morgan fingerprint density at radius 2 is 1.93 bits per heavy atom. The Bertz CT molecular complexity index is 982. The number of amides is 1. The Morgan fingerprint density at radius 1 is 1.15 bits per heavy atom. The van der Waals surface area contributed by atoms with Gasteiger partial charge < -0.3 is 10.2 Å². The van der Waals surface area contributed by atoms with Crippen molar-refractivity contribution in [1.82, 2.24) is 14.9 Å². The summed E-state index contributed by atoms with van der Waals surface area (Å²) in [6.45, 7) is 3.29. The SMILES string of the molecule is Cc1cccc2c(=O)n(CC(=O)NCCCN(C)c3ccccc3)cnc12. The van der Waals surface area contributed by atoms with Crippen LogP contribution in [0.5, 0.6) is 0 Å². The van der Waals surface area contributed by atoms with Crippen molar-refractivity contribution in [2.75, 3.05) is 25.0 Å². The summed E-state index contributed by atoms with van der Waals surface area (Å²) in [5.74, 6) is -0.187. The molecule has 0 saturated heterocycles. The molecule has 0 aliphatic heterocycles. The highest BCUT2D eigenvalue weighted by molar-refractivity contribution is 5.81. The van der Waals surface area contributed by atoms with Gasteiger partial charge in [0.1, 0.15) is 6.54 Å². The highest BCUT2D eigenvalue weighted by atomic mass is 16.2. The zero-order chi connectivity index (χ0) is 19.2. The van der Waals surface area contributed by atoms with Crippen molar-refractivity contribution in [2.24, 2.45) is 0 Å². The topological polar surface area (TPSA) is 67.2 Å². The van der Waals surface area contributed by atoms with Gasteiger partial charge in [0, 0.05) is 25.8 Å². The summed E-state index contributed by atoms with van der Waals surface area (Å²) < 4.78 is 1.35. The van der Waals surface area contributed by atoms with Crippen LogP contribution in [0.3, 0.4) is 0 Å². The molecule has 27 heavy (non-hydrogen) atoms. The second-order valence-electron chi connectivity index (χ2n) is 6.61. The number of hydrogen-bond acceptors (Lipinski definition) is 4. The first kappa shape index (κ1) is 18.6. The molecule has 0 radical (unpaired) electrons. The van der Waals surface area contributed by atoms with Crippen molar-refractivity contribution in [1.29, 1.82) is 0 Å². The maximum atomic E-state index is 12.5. The van der Waals surface area contributed by atoms with E-state index in [1.54, 1.807) is 6.07 Å². The van der Waals surface area contributed by atoms with E-state index < -0.39 is 0 Å². The van der Waals surface area contributed by atoms with Gasteiger partial charge in [0.05, 0.1) is 17.2 Å². The monoisotopic (exact) mass is 364 g/mol. The van der Waals surface area contributed by atoms with E-state index in [1.807, 2.05) is 44.3 Å². The molecule has 0 unspecified atom stereocenters. The van der Waals surface area contributed by atoms with Gasteiger partial charge in [-0.15, -0.1) is 0 Å². The maximum Gasteiger partial charge on any atom is 0.261 e. The molecule has 1 amide bonds. The Kier molecular flexibility index (Phi) is 5.86. The van der Waals surface area contributed by atoms with E-state index in [9.17, 15) is 9.59 Å². The van der Waals surface area contributed by atoms with Gasteiger partial charge in [-0.2, -0.15) is 0 Å². The summed E-state index contributed by atoms with van der Waals surface area (Å²) in [5, 5.41) is 3.41. The number of nitrogens with one attached hydrogen (secondary N) is 1. The minimum Gasteiger partial charge on any atom is -0.375 e. The number of hydrogen-bond donors (Lipinski definition) is 1. The third kappa shape index (κ3) is 4.53. The molecule has 2 aromatic carbocycles. The van der Waals surface area contributed by atoms with Gasteiger partial charge in [-0.25, -0.2) is 4.98 Å². The molecule has 0 saturated carbocycles. The van der Waals surface area contributed by atoms with Crippen molar-refractivity contribution < 1.29 is 4.79 Å². The predicted octanol–water partition coefficient (Wildman–Crippen LogP) is 2.35. The molecule has 3 rings (SSSR count). The molecule has 6 nitrogen and oxygen atoms in total. The lowest BCUT2D eigenvalue weighted by molar-refractivity contribution is -0.121. The van der Waals surface area contributed by atoms with Crippen molar-refractivity contribution in [3.63, 3.8) is 0 Å². The van der Waals surface area contributed by atoms with Gasteiger partial charge in [-0.3, -0.25) is 14.2 Å². The van der Waals surface area contributed by atoms with Crippen molar-refractivity contribution >= 4 is 22.5 Å². The van der Waals surface area contributed by atoms with Gasteiger partial charge in [0.2, 0.25) is 5.91 Å². The number of carbonyl (C=O) groups is 1. The van der Waals surface area contributed by atoms with Crippen molar-refractivity contribution in [3.05, 3.63) is 70.8 Å². The summed E-state index contributed by atoms with van der Waals surface area (Å²) in [5.41, 5.74) is 2.59. The van der Waals surface area contributed by atoms with Gasteiger partial charge in [-0.05, 0) is 37.1 Å². The van der Waals surface area contributed by atoms with E-state index in [0.29, 0.717) is 17.4 Å². The number of carbonyl (C=O) groups excluding carboxylic acids is 1. The molecular formula is C21H24N4O2. The largest absolute Gasteiger partial charge is 0.375 e. The molecule has 0 aliphatic rings. The number of fused-ring (bicyclic) bond motifs is 1. The highest BCUT2D eigenvalue weighted by Crippen LogP contribution is 2.11. The molecule has 1 heterocycles. The lowest BCUT2D eigenvalue weighted by Gasteiger charge is -2.19. The normalized spacial score (nSPS) is 10.7. The lowest BCUT2D eigenvalue weighted by atomic mass is 10.1. The standard InChI is InChI=1S/C21H24N4O2/c1-16-8-6-11-18-20(16)23-15-25(21(18)27)14-19(26)22-12-7-13-24(2)17-9-4-3-5-10-17/h3-6,8-11,15H,7,12-14H2,1-2H3,(H,22,26). The first-order valence-corrected chi connectivity index (χ1v) is 9.04. The van der Waals surface area contributed by atoms with Crippen LogP contribution in [-0.4, -0.2) is 35.6 Å². The minimum atomic E-state index is -0.192. The number of aryl methyl sites for hydroxylation is 1. The van der Waals surface area contributed by atoms with Crippen LogP contribution in [0.2, 0.25) is 0 Å². The van der Waals surface area contributed by atoms with E-state index in [4.69, 9.17) is 0 Å². The molecule has 1 aromatic heterocycles. The molecule has 140 valence electrons. The smallest absolute Gasteiger partial charge is 0.261 e. The van der Waals surface area contributed by atoms with E-state index in [-0.39, 0.29) is 18.0 Å². The molecular weight excluding hydrogens is 340 g/mol. The maximum absolute atomic E-state index is 12.5. The number of anilines is 1. The highest BCUT2D eigenvalue weighted by Gasteiger charge is 2.09. The molecule has 6 heteroatoms. The molecule has 1 N–H and O–H groups in total. The number of para-hydroxylation sites is 2. The van der Waals surface area contributed by atoms with Crippen LogP contribution in [0.1, 0.15) is 12.0 Å². The van der Waals surface area contributed by atoms with Crippen molar-refractivity contribution in [3.8, 4) is 0 Å². The Hall–Kier alpha value is -3.15. The summed E-state index contributed by atoms with van der Waals surface area (Å²) in [6, 6.07) is 15.6. The number of aromatic nitrogens is 2.